The number of halogens is 2. The van der Waals surface area contributed by atoms with Gasteiger partial charge < -0.3 is 14.5 Å². The van der Waals surface area contributed by atoms with Crippen molar-refractivity contribution in [2.75, 3.05) is 5.32 Å². The summed E-state index contributed by atoms with van der Waals surface area (Å²) in [5.74, 6) is -1.05. The molecule has 1 N–H and O–H groups in total. The van der Waals surface area contributed by atoms with E-state index in [1.807, 2.05) is 30.3 Å². The van der Waals surface area contributed by atoms with Gasteiger partial charge in [0.15, 0.2) is 17.1 Å². The molecular formula is C26H19Cl2NO5. The van der Waals surface area contributed by atoms with Gasteiger partial charge in [0.2, 0.25) is 0 Å². The van der Waals surface area contributed by atoms with Crippen molar-refractivity contribution in [1.82, 2.24) is 0 Å². The van der Waals surface area contributed by atoms with Gasteiger partial charge in [-0.2, -0.15) is 0 Å². The SMILES string of the molecule is Cc1c(-c2ccccc2)oc2c(C(=O)O[C@H](C)C(=O)Nc3cc(Cl)ccc3Cl)cccc2c1=O. The van der Waals surface area contributed by atoms with Gasteiger partial charge in [0.25, 0.3) is 5.91 Å². The lowest BCUT2D eigenvalue weighted by Crippen LogP contribution is -2.30. The Morgan fingerprint density at radius 1 is 1.00 bits per heavy atom. The zero-order valence-electron chi connectivity index (χ0n) is 18.2. The maximum Gasteiger partial charge on any atom is 0.342 e. The van der Waals surface area contributed by atoms with Crippen molar-refractivity contribution in [3.63, 3.8) is 0 Å². The molecule has 0 aliphatic heterocycles. The molecule has 0 radical (unpaired) electrons. The highest BCUT2D eigenvalue weighted by molar-refractivity contribution is 6.35. The second-order valence-corrected chi connectivity index (χ2v) is 8.44. The smallest absolute Gasteiger partial charge is 0.342 e. The Morgan fingerprint density at radius 3 is 2.47 bits per heavy atom. The van der Waals surface area contributed by atoms with Crippen LogP contribution in [0.25, 0.3) is 22.3 Å². The predicted octanol–water partition coefficient (Wildman–Crippen LogP) is 6.26. The van der Waals surface area contributed by atoms with Crippen molar-refractivity contribution in [2.24, 2.45) is 0 Å². The lowest BCUT2D eigenvalue weighted by atomic mass is 10.0. The number of para-hydroxylation sites is 1. The van der Waals surface area contributed by atoms with E-state index in [-0.39, 0.29) is 27.0 Å². The van der Waals surface area contributed by atoms with Crippen molar-refractivity contribution in [3.8, 4) is 11.3 Å². The highest BCUT2D eigenvalue weighted by Crippen LogP contribution is 2.28. The Labute approximate surface area is 205 Å². The quantitative estimate of drug-likeness (QED) is 0.330. The molecule has 0 fully saturated rings. The monoisotopic (exact) mass is 495 g/mol. The van der Waals surface area contributed by atoms with Crippen LogP contribution in [0.4, 0.5) is 5.69 Å². The molecule has 8 heteroatoms. The van der Waals surface area contributed by atoms with Gasteiger partial charge >= 0.3 is 5.97 Å². The average Bonchev–Trinajstić information content (AvgIpc) is 2.83. The predicted molar refractivity (Wildman–Crippen MR) is 133 cm³/mol. The Hall–Kier alpha value is -3.61. The minimum absolute atomic E-state index is 0.0345. The van der Waals surface area contributed by atoms with E-state index in [9.17, 15) is 14.4 Å². The number of esters is 1. The van der Waals surface area contributed by atoms with Crippen LogP contribution in [0.3, 0.4) is 0 Å². The molecule has 0 aliphatic rings. The Kier molecular flexibility index (Phi) is 6.72. The van der Waals surface area contributed by atoms with Crippen LogP contribution >= 0.6 is 23.2 Å². The number of ether oxygens (including phenoxy) is 1. The fraction of sp³-hybridized carbons (Fsp3) is 0.115. The minimum Gasteiger partial charge on any atom is -0.455 e. The maximum absolute atomic E-state index is 13.0. The fourth-order valence-corrected chi connectivity index (χ4v) is 3.78. The Morgan fingerprint density at radius 2 is 1.74 bits per heavy atom. The third-order valence-electron chi connectivity index (χ3n) is 5.24. The number of carbonyl (C=O) groups excluding carboxylic acids is 2. The molecule has 1 atom stereocenters. The van der Waals surface area contributed by atoms with Crippen molar-refractivity contribution in [1.29, 1.82) is 0 Å². The number of hydrogen-bond donors (Lipinski definition) is 1. The first-order valence-electron chi connectivity index (χ1n) is 10.3. The highest BCUT2D eigenvalue weighted by atomic mass is 35.5. The molecule has 0 unspecified atom stereocenters. The van der Waals surface area contributed by atoms with Crippen molar-refractivity contribution < 1.29 is 18.7 Å². The largest absolute Gasteiger partial charge is 0.455 e. The molecular weight excluding hydrogens is 477 g/mol. The van der Waals surface area contributed by atoms with Crippen LogP contribution in [0.1, 0.15) is 22.8 Å². The Balaban J connectivity index is 1.65. The van der Waals surface area contributed by atoms with Crippen LogP contribution in [-0.2, 0) is 9.53 Å². The first-order valence-corrected chi connectivity index (χ1v) is 11.1. The van der Waals surface area contributed by atoms with Crippen LogP contribution in [-0.4, -0.2) is 18.0 Å². The van der Waals surface area contributed by atoms with Crippen LogP contribution in [0.15, 0.2) is 75.9 Å². The van der Waals surface area contributed by atoms with Gasteiger partial charge in [-0.1, -0.05) is 59.6 Å². The molecule has 0 bridgehead atoms. The molecule has 0 saturated heterocycles. The maximum atomic E-state index is 13.0. The summed E-state index contributed by atoms with van der Waals surface area (Å²) in [7, 11) is 0. The lowest BCUT2D eigenvalue weighted by Gasteiger charge is -2.15. The molecule has 34 heavy (non-hydrogen) atoms. The fourth-order valence-electron chi connectivity index (χ4n) is 3.44. The normalized spacial score (nSPS) is 11.8. The van der Waals surface area contributed by atoms with Gasteiger partial charge in [-0.05, 0) is 44.2 Å². The topological polar surface area (TPSA) is 85.6 Å². The zero-order valence-corrected chi connectivity index (χ0v) is 19.7. The minimum atomic E-state index is -1.16. The Bertz CT molecular complexity index is 1460. The van der Waals surface area contributed by atoms with Crippen molar-refractivity contribution in [2.45, 2.75) is 20.0 Å². The number of fused-ring (bicyclic) bond motifs is 1. The number of amides is 1. The molecule has 6 nitrogen and oxygen atoms in total. The zero-order chi connectivity index (χ0) is 24.4. The summed E-state index contributed by atoms with van der Waals surface area (Å²) in [6, 6.07) is 18.4. The summed E-state index contributed by atoms with van der Waals surface area (Å²) < 4.78 is 11.4. The first kappa shape index (κ1) is 23.5. The van der Waals surface area contributed by atoms with E-state index in [0.717, 1.165) is 0 Å². The third kappa shape index (κ3) is 4.69. The van der Waals surface area contributed by atoms with E-state index >= 15 is 0 Å². The van der Waals surface area contributed by atoms with E-state index in [0.29, 0.717) is 27.6 Å². The van der Waals surface area contributed by atoms with E-state index in [1.54, 1.807) is 31.2 Å². The van der Waals surface area contributed by atoms with Gasteiger partial charge in [-0.25, -0.2) is 4.79 Å². The second kappa shape index (κ2) is 9.71. The summed E-state index contributed by atoms with van der Waals surface area (Å²) in [4.78, 5) is 38.6. The van der Waals surface area contributed by atoms with Crippen LogP contribution in [0, 0.1) is 6.92 Å². The number of hydrogen-bond acceptors (Lipinski definition) is 5. The van der Waals surface area contributed by atoms with E-state index in [1.165, 1.54) is 19.1 Å². The van der Waals surface area contributed by atoms with Crippen LogP contribution in [0.2, 0.25) is 10.0 Å². The molecule has 1 heterocycles. The standard InChI is InChI=1S/C26H19Cl2NO5/c1-14-22(30)18-9-6-10-19(24(18)34-23(14)16-7-4-3-5-8-16)26(32)33-15(2)25(31)29-21-13-17(27)11-12-20(21)28/h3-13,15H,1-2H3,(H,29,31)/t15-/m1/s1. The third-order valence-corrected chi connectivity index (χ3v) is 5.80. The summed E-state index contributed by atoms with van der Waals surface area (Å²) in [5, 5.41) is 3.51. The molecule has 172 valence electrons. The van der Waals surface area contributed by atoms with Gasteiger partial charge in [-0.3, -0.25) is 9.59 Å². The van der Waals surface area contributed by atoms with Gasteiger partial charge in [0.1, 0.15) is 11.3 Å². The molecule has 4 rings (SSSR count). The van der Waals surface area contributed by atoms with Gasteiger partial charge in [-0.15, -0.1) is 0 Å². The molecule has 4 aromatic rings. The molecule has 0 aliphatic carbocycles. The van der Waals surface area contributed by atoms with E-state index in [4.69, 9.17) is 32.4 Å². The van der Waals surface area contributed by atoms with Gasteiger partial charge in [0, 0.05) is 16.1 Å². The summed E-state index contributed by atoms with van der Waals surface area (Å²) in [6.07, 6.45) is -1.16. The number of rotatable bonds is 5. The lowest BCUT2D eigenvalue weighted by molar-refractivity contribution is -0.123. The number of anilines is 1. The van der Waals surface area contributed by atoms with E-state index in [2.05, 4.69) is 5.32 Å². The number of benzene rings is 3. The summed E-state index contributed by atoms with van der Waals surface area (Å²) in [6.45, 7) is 3.10. The van der Waals surface area contributed by atoms with Crippen molar-refractivity contribution in [3.05, 3.63) is 98.1 Å². The molecule has 1 aromatic heterocycles. The van der Waals surface area contributed by atoms with Crippen molar-refractivity contribution >= 4 is 51.7 Å². The molecule has 0 spiro atoms. The van der Waals surface area contributed by atoms with Crippen LogP contribution in [0.5, 0.6) is 0 Å². The molecule has 1 amide bonds. The summed E-state index contributed by atoms with van der Waals surface area (Å²) >= 11 is 12.0. The molecule has 3 aromatic carbocycles. The first-order chi connectivity index (χ1) is 16.3. The number of nitrogens with one attached hydrogen (secondary N) is 1. The highest BCUT2D eigenvalue weighted by Gasteiger charge is 2.24. The average molecular weight is 496 g/mol. The van der Waals surface area contributed by atoms with Crippen LogP contribution < -0.4 is 10.7 Å². The molecule has 0 saturated carbocycles. The number of carbonyl (C=O) groups is 2. The summed E-state index contributed by atoms with van der Waals surface area (Å²) in [5.41, 5.74) is 1.29. The van der Waals surface area contributed by atoms with Gasteiger partial charge in [0.05, 0.1) is 16.1 Å². The second-order valence-electron chi connectivity index (χ2n) is 7.59. The van der Waals surface area contributed by atoms with E-state index < -0.39 is 18.0 Å².